The van der Waals surface area contributed by atoms with Crippen LogP contribution in [0.2, 0.25) is 0 Å². The minimum absolute atomic E-state index is 0.105. The second kappa shape index (κ2) is 10.5. The molecule has 0 aliphatic carbocycles. The van der Waals surface area contributed by atoms with Crippen LogP contribution < -0.4 is 5.32 Å². The molecule has 0 radical (unpaired) electrons. The van der Waals surface area contributed by atoms with Gasteiger partial charge in [0.05, 0.1) is 5.69 Å². The van der Waals surface area contributed by atoms with Gasteiger partial charge in [0.1, 0.15) is 0 Å². The Kier molecular flexibility index (Phi) is 6.63. The molecule has 0 saturated carbocycles. The molecule has 0 fully saturated rings. The molecule has 6 heteroatoms. The summed E-state index contributed by atoms with van der Waals surface area (Å²) in [6.07, 6.45) is 2.83. The average molecular weight is 517 g/mol. The van der Waals surface area contributed by atoms with Crippen molar-refractivity contribution in [1.82, 2.24) is 14.3 Å². The first kappa shape index (κ1) is 23.9. The number of hydrogen-bond acceptors (Lipinski definition) is 3. The fourth-order valence-corrected chi connectivity index (χ4v) is 5.55. The number of thiazole rings is 1. The van der Waals surface area contributed by atoms with Crippen molar-refractivity contribution in [2.24, 2.45) is 0 Å². The van der Waals surface area contributed by atoms with Crippen LogP contribution in [-0.2, 0) is 13.0 Å². The zero-order valence-corrected chi connectivity index (χ0v) is 22.0. The lowest BCUT2D eigenvalue weighted by molar-refractivity contribution is 0.209. The van der Waals surface area contributed by atoms with Gasteiger partial charge in [-0.05, 0) is 41.5 Å². The number of nitrogens with zero attached hydrogens (tertiary/aromatic N) is 3. The van der Waals surface area contributed by atoms with E-state index in [0.29, 0.717) is 13.1 Å². The summed E-state index contributed by atoms with van der Waals surface area (Å²) in [5.74, 6) is 0. The van der Waals surface area contributed by atoms with Crippen molar-refractivity contribution in [2.75, 3.05) is 11.9 Å². The number of anilines is 1. The van der Waals surface area contributed by atoms with Gasteiger partial charge >= 0.3 is 6.03 Å². The van der Waals surface area contributed by atoms with E-state index in [9.17, 15) is 4.79 Å². The molecule has 0 aliphatic rings. The minimum Gasteiger partial charge on any atom is -0.320 e. The third-order valence-electron chi connectivity index (χ3n) is 6.77. The fraction of sp³-hybridized carbons (Fsp3) is 0.125. The molecule has 0 atom stereocenters. The van der Waals surface area contributed by atoms with Crippen LogP contribution in [0.5, 0.6) is 0 Å². The van der Waals surface area contributed by atoms with Crippen molar-refractivity contribution >= 4 is 38.8 Å². The Balaban J connectivity index is 1.22. The number of benzene rings is 4. The van der Waals surface area contributed by atoms with Crippen molar-refractivity contribution in [3.8, 4) is 11.3 Å². The average Bonchev–Trinajstić information content (AvgIpc) is 3.54. The summed E-state index contributed by atoms with van der Waals surface area (Å²) in [6.45, 7) is 3.16. The molecule has 0 unspecified atom stereocenters. The van der Waals surface area contributed by atoms with Gasteiger partial charge < -0.3 is 10.2 Å². The summed E-state index contributed by atoms with van der Waals surface area (Å²) in [5, 5.41) is 7.64. The van der Waals surface area contributed by atoms with E-state index in [4.69, 9.17) is 4.98 Å². The Morgan fingerprint density at radius 2 is 1.68 bits per heavy atom. The number of hydrogen-bond donors (Lipinski definition) is 1. The van der Waals surface area contributed by atoms with Crippen molar-refractivity contribution in [2.45, 2.75) is 19.9 Å². The lowest BCUT2D eigenvalue weighted by Gasteiger charge is -2.23. The Labute approximate surface area is 226 Å². The van der Waals surface area contributed by atoms with E-state index < -0.39 is 0 Å². The zero-order chi connectivity index (χ0) is 25.9. The first-order chi connectivity index (χ1) is 18.6. The SMILES string of the molecule is Cc1ccc(NC(=O)N(CCc2csc3nc(-c4ccc5ccccc5c4)cn23)Cc2ccccc2)cc1. The predicted octanol–water partition coefficient (Wildman–Crippen LogP) is 7.80. The van der Waals surface area contributed by atoms with E-state index >= 15 is 0 Å². The third kappa shape index (κ3) is 5.17. The molecule has 5 nitrogen and oxygen atoms in total. The highest BCUT2D eigenvalue weighted by Gasteiger charge is 2.17. The van der Waals surface area contributed by atoms with Crippen LogP contribution in [0, 0.1) is 6.92 Å². The van der Waals surface area contributed by atoms with Gasteiger partial charge in [0.15, 0.2) is 4.96 Å². The molecule has 6 aromatic rings. The molecule has 1 N–H and O–H groups in total. The number of nitrogens with one attached hydrogen (secondary N) is 1. The largest absolute Gasteiger partial charge is 0.322 e. The number of carbonyl (C=O) groups is 1. The van der Waals surface area contributed by atoms with Crippen LogP contribution in [0.1, 0.15) is 16.8 Å². The Hall–Kier alpha value is -4.42. The number of imidazole rings is 1. The summed E-state index contributed by atoms with van der Waals surface area (Å²) in [4.78, 5) is 21.0. The number of amides is 2. The van der Waals surface area contributed by atoms with Crippen LogP contribution in [-0.4, -0.2) is 26.9 Å². The van der Waals surface area contributed by atoms with Crippen LogP contribution in [0.25, 0.3) is 27.0 Å². The molecule has 4 aromatic carbocycles. The lowest BCUT2D eigenvalue weighted by atomic mass is 10.1. The van der Waals surface area contributed by atoms with Gasteiger partial charge in [-0.1, -0.05) is 84.4 Å². The number of carbonyl (C=O) groups excluding carboxylic acids is 1. The summed E-state index contributed by atoms with van der Waals surface area (Å²) in [6, 6.07) is 32.8. The van der Waals surface area contributed by atoms with Crippen molar-refractivity contribution in [3.63, 3.8) is 0 Å². The molecule has 2 heterocycles. The zero-order valence-electron chi connectivity index (χ0n) is 21.2. The van der Waals surface area contributed by atoms with Gasteiger partial charge in [-0.25, -0.2) is 9.78 Å². The van der Waals surface area contributed by atoms with Crippen LogP contribution >= 0.6 is 11.3 Å². The minimum atomic E-state index is -0.105. The number of rotatable bonds is 7. The van der Waals surface area contributed by atoms with E-state index in [0.717, 1.165) is 45.1 Å². The first-order valence-electron chi connectivity index (χ1n) is 12.7. The molecule has 0 bridgehead atoms. The fourth-order valence-electron chi connectivity index (χ4n) is 4.64. The van der Waals surface area contributed by atoms with Gasteiger partial charge in [0.2, 0.25) is 0 Å². The van der Waals surface area contributed by atoms with Crippen molar-refractivity contribution in [3.05, 3.63) is 125 Å². The normalized spacial score (nSPS) is 11.2. The quantitative estimate of drug-likeness (QED) is 0.235. The maximum Gasteiger partial charge on any atom is 0.322 e. The monoisotopic (exact) mass is 516 g/mol. The highest BCUT2D eigenvalue weighted by atomic mass is 32.1. The maximum atomic E-state index is 13.3. The smallest absolute Gasteiger partial charge is 0.320 e. The van der Waals surface area contributed by atoms with Crippen LogP contribution in [0.3, 0.4) is 0 Å². The molecule has 6 rings (SSSR count). The first-order valence-corrected chi connectivity index (χ1v) is 13.6. The Bertz CT molecular complexity index is 1700. The molecular formula is C32H28N4OS. The van der Waals surface area contributed by atoms with Gasteiger partial charge in [0, 0.05) is 48.0 Å². The standard InChI is InChI=1S/C32H28N4OS/c1-23-11-15-28(16-12-23)33-31(37)35(20-24-7-3-2-4-8-24)18-17-29-22-38-32-34-30(21-36(29)32)27-14-13-25-9-5-6-10-26(25)19-27/h2-16,19,21-22H,17-18,20H2,1H3,(H,33,37). The molecule has 2 amide bonds. The molecule has 188 valence electrons. The van der Waals surface area contributed by atoms with E-state index in [2.05, 4.69) is 75.9 Å². The van der Waals surface area contributed by atoms with Gasteiger partial charge in [-0.15, -0.1) is 11.3 Å². The second-order valence-electron chi connectivity index (χ2n) is 9.52. The lowest BCUT2D eigenvalue weighted by Crippen LogP contribution is -2.36. The molecule has 0 aliphatic heterocycles. The Morgan fingerprint density at radius 1 is 0.921 bits per heavy atom. The predicted molar refractivity (Wildman–Crippen MR) is 157 cm³/mol. The third-order valence-corrected chi connectivity index (χ3v) is 7.66. The van der Waals surface area contributed by atoms with Gasteiger partial charge in [-0.2, -0.15) is 0 Å². The Morgan fingerprint density at radius 3 is 2.50 bits per heavy atom. The van der Waals surface area contributed by atoms with E-state index in [1.165, 1.54) is 10.8 Å². The number of fused-ring (bicyclic) bond motifs is 2. The number of aryl methyl sites for hydroxylation is 1. The molecule has 0 spiro atoms. The van der Waals surface area contributed by atoms with Gasteiger partial charge in [0.25, 0.3) is 0 Å². The summed E-state index contributed by atoms with van der Waals surface area (Å²) in [7, 11) is 0. The molecular weight excluding hydrogens is 488 g/mol. The van der Waals surface area contributed by atoms with Gasteiger partial charge in [-0.3, -0.25) is 4.40 Å². The molecule has 0 saturated heterocycles. The van der Waals surface area contributed by atoms with Crippen molar-refractivity contribution in [1.29, 1.82) is 0 Å². The van der Waals surface area contributed by atoms with E-state index in [1.54, 1.807) is 11.3 Å². The summed E-state index contributed by atoms with van der Waals surface area (Å²) >= 11 is 1.63. The maximum absolute atomic E-state index is 13.3. The highest BCUT2D eigenvalue weighted by molar-refractivity contribution is 7.15. The van der Waals surface area contributed by atoms with Crippen LogP contribution in [0.15, 0.2) is 109 Å². The topological polar surface area (TPSA) is 49.6 Å². The van der Waals surface area contributed by atoms with E-state index in [-0.39, 0.29) is 6.03 Å². The summed E-state index contributed by atoms with van der Waals surface area (Å²) < 4.78 is 2.16. The second-order valence-corrected chi connectivity index (χ2v) is 10.4. The summed E-state index contributed by atoms with van der Waals surface area (Å²) in [5.41, 5.74) is 6.27. The number of aromatic nitrogens is 2. The van der Waals surface area contributed by atoms with Crippen molar-refractivity contribution < 1.29 is 4.79 Å². The highest BCUT2D eigenvalue weighted by Crippen LogP contribution is 2.27. The number of urea groups is 1. The van der Waals surface area contributed by atoms with Crippen LogP contribution in [0.4, 0.5) is 10.5 Å². The molecule has 2 aromatic heterocycles. The molecule has 38 heavy (non-hydrogen) atoms. The van der Waals surface area contributed by atoms with E-state index in [1.807, 2.05) is 54.3 Å².